The summed E-state index contributed by atoms with van der Waals surface area (Å²) in [6.07, 6.45) is 2.20. The van der Waals surface area contributed by atoms with Crippen LogP contribution in [0, 0.1) is 0 Å². The Hall–Kier alpha value is -0.460. The van der Waals surface area contributed by atoms with E-state index in [-0.39, 0.29) is 5.75 Å². The van der Waals surface area contributed by atoms with Crippen molar-refractivity contribution in [1.82, 2.24) is 0 Å². The number of hydrogen-bond donors (Lipinski definition) is 0. The van der Waals surface area contributed by atoms with Crippen molar-refractivity contribution < 1.29 is 17.9 Å². The zero-order valence-corrected chi connectivity index (χ0v) is 15.1. The zero-order valence-electron chi connectivity index (χ0n) is 11.9. The van der Waals surface area contributed by atoms with Crippen LogP contribution < -0.4 is 9.47 Å². The standard InChI is InChI=1S/C14H18BrClO4S/c1-19-11-7-9(10(15)8-12(11)20-2)14(16)13-5-3-4-6-21(13,17)18/h7-8,13-14H,3-6H2,1-2H3. The van der Waals surface area contributed by atoms with Gasteiger partial charge in [0.25, 0.3) is 0 Å². The van der Waals surface area contributed by atoms with Gasteiger partial charge in [0.1, 0.15) is 0 Å². The minimum absolute atomic E-state index is 0.214. The molecular weight excluding hydrogens is 380 g/mol. The predicted molar refractivity (Wildman–Crippen MR) is 87.3 cm³/mol. The summed E-state index contributed by atoms with van der Waals surface area (Å²) in [5.41, 5.74) is 0.713. The minimum Gasteiger partial charge on any atom is -0.493 e. The van der Waals surface area contributed by atoms with E-state index in [9.17, 15) is 8.42 Å². The lowest BCUT2D eigenvalue weighted by molar-refractivity contribution is 0.354. The van der Waals surface area contributed by atoms with E-state index < -0.39 is 20.5 Å². The molecule has 7 heteroatoms. The fourth-order valence-electron chi connectivity index (χ4n) is 2.59. The van der Waals surface area contributed by atoms with E-state index in [2.05, 4.69) is 15.9 Å². The molecule has 0 aliphatic carbocycles. The largest absolute Gasteiger partial charge is 0.493 e. The van der Waals surface area contributed by atoms with Crippen LogP contribution in [0.15, 0.2) is 16.6 Å². The van der Waals surface area contributed by atoms with Crippen LogP contribution in [-0.4, -0.2) is 33.6 Å². The van der Waals surface area contributed by atoms with Crippen LogP contribution in [0.2, 0.25) is 0 Å². The van der Waals surface area contributed by atoms with Crippen molar-refractivity contribution >= 4 is 37.4 Å². The predicted octanol–water partition coefficient (Wildman–Crippen LogP) is 3.71. The lowest BCUT2D eigenvalue weighted by atomic mass is 10.0. The topological polar surface area (TPSA) is 52.6 Å². The van der Waals surface area contributed by atoms with E-state index in [4.69, 9.17) is 21.1 Å². The Bertz CT molecular complexity index is 618. The van der Waals surface area contributed by atoms with Gasteiger partial charge in [-0.2, -0.15) is 0 Å². The van der Waals surface area contributed by atoms with E-state index in [1.165, 1.54) is 7.11 Å². The minimum atomic E-state index is -3.15. The van der Waals surface area contributed by atoms with Gasteiger partial charge in [0.15, 0.2) is 21.3 Å². The van der Waals surface area contributed by atoms with Gasteiger partial charge in [-0.1, -0.05) is 22.4 Å². The molecule has 2 unspecified atom stereocenters. The summed E-state index contributed by atoms with van der Waals surface area (Å²) in [7, 11) is -0.0606. The van der Waals surface area contributed by atoms with Gasteiger partial charge in [0, 0.05) is 4.47 Å². The molecule has 4 nitrogen and oxygen atoms in total. The first-order chi connectivity index (χ1) is 9.90. The number of ether oxygens (including phenoxy) is 2. The lowest BCUT2D eigenvalue weighted by Gasteiger charge is -2.27. The molecule has 1 heterocycles. The molecule has 1 aromatic carbocycles. The average Bonchev–Trinajstić information content (AvgIpc) is 2.45. The molecule has 0 aromatic heterocycles. The maximum absolute atomic E-state index is 12.2. The van der Waals surface area contributed by atoms with Crippen molar-refractivity contribution in [1.29, 1.82) is 0 Å². The van der Waals surface area contributed by atoms with E-state index in [0.717, 1.165) is 17.3 Å². The first-order valence-electron chi connectivity index (χ1n) is 6.67. The molecule has 0 amide bonds. The molecule has 1 saturated heterocycles. The Balaban J connectivity index is 2.41. The van der Waals surface area contributed by atoms with E-state index in [0.29, 0.717) is 23.5 Å². The molecule has 0 saturated carbocycles. The Morgan fingerprint density at radius 1 is 1.24 bits per heavy atom. The molecule has 0 N–H and O–H groups in total. The molecule has 0 bridgehead atoms. The van der Waals surface area contributed by atoms with Crippen LogP contribution in [0.5, 0.6) is 11.5 Å². The lowest BCUT2D eigenvalue weighted by Crippen LogP contribution is -2.32. The highest BCUT2D eigenvalue weighted by molar-refractivity contribution is 9.10. The Labute approximate surface area is 138 Å². The summed E-state index contributed by atoms with van der Waals surface area (Å²) in [5.74, 6) is 1.32. The molecule has 1 aliphatic heterocycles. The maximum Gasteiger partial charge on any atom is 0.161 e. The van der Waals surface area contributed by atoms with Crippen LogP contribution in [0.3, 0.4) is 0 Å². The quantitative estimate of drug-likeness (QED) is 0.727. The van der Waals surface area contributed by atoms with Gasteiger partial charge in [-0.05, 0) is 30.5 Å². The van der Waals surface area contributed by atoms with Crippen molar-refractivity contribution in [2.24, 2.45) is 0 Å². The van der Waals surface area contributed by atoms with E-state index in [1.54, 1.807) is 19.2 Å². The summed E-state index contributed by atoms with van der Waals surface area (Å²) in [4.78, 5) is 0. The van der Waals surface area contributed by atoms with Crippen LogP contribution >= 0.6 is 27.5 Å². The second-order valence-electron chi connectivity index (χ2n) is 5.03. The van der Waals surface area contributed by atoms with Gasteiger partial charge in [-0.25, -0.2) is 8.42 Å². The van der Waals surface area contributed by atoms with E-state index >= 15 is 0 Å². The number of alkyl halides is 1. The first-order valence-corrected chi connectivity index (χ1v) is 9.62. The van der Waals surface area contributed by atoms with Crippen molar-refractivity contribution in [3.05, 3.63) is 22.2 Å². The van der Waals surface area contributed by atoms with Crippen molar-refractivity contribution in [3.8, 4) is 11.5 Å². The SMILES string of the molecule is COc1cc(Br)c(C(Cl)C2CCCCS2(=O)=O)cc1OC. The number of methoxy groups -OCH3 is 2. The van der Waals surface area contributed by atoms with Gasteiger partial charge in [-0.15, -0.1) is 11.6 Å². The third kappa shape index (κ3) is 3.48. The van der Waals surface area contributed by atoms with Gasteiger partial charge < -0.3 is 9.47 Å². The maximum atomic E-state index is 12.2. The molecule has 0 radical (unpaired) electrons. The van der Waals surface area contributed by atoms with Gasteiger partial charge >= 0.3 is 0 Å². The van der Waals surface area contributed by atoms with Crippen molar-refractivity contribution in [2.75, 3.05) is 20.0 Å². The third-order valence-corrected chi connectivity index (χ3v) is 7.42. The third-order valence-electron chi connectivity index (χ3n) is 3.76. The monoisotopic (exact) mass is 396 g/mol. The highest BCUT2D eigenvalue weighted by Gasteiger charge is 2.36. The second-order valence-corrected chi connectivity index (χ2v) is 8.70. The summed E-state index contributed by atoms with van der Waals surface area (Å²) in [6.45, 7) is 0. The molecule has 21 heavy (non-hydrogen) atoms. The van der Waals surface area contributed by atoms with Crippen molar-refractivity contribution in [3.63, 3.8) is 0 Å². The molecule has 118 valence electrons. The molecule has 2 rings (SSSR count). The Morgan fingerprint density at radius 3 is 2.43 bits per heavy atom. The number of benzene rings is 1. The molecule has 1 aliphatic rings. The molecule has 0 spiro atoms. The van der Waals surface area contributed by atoms with Crippen molar-refractivity contribution in [2.45, 2.75) is 29.9 Å². The smallest absolute Gasteiger partial charge is 0.161 e. The summed E-state index contributed by atoms with van der Waals surface area (Å²) >= 11 is 9.94. The van der Waals surface area contributed by atoms with Gasteiger partial charge in [0.2, 0.25) is 0 Å². The molecular formula is C14H18BrClO4S. The number of rotatable bonds is 4. The fraction of sp³-hybridized carbons (Fsp3) is 0.571. The Morgan fingerprint density at radius 2 is 1.86 bits per heavy atom. The molecule has 1 aromatic rings. The van der Waals surface area contributed by atoms with Crippen LogP contribution in [0.25, 0.3) is 0 Å². The van der Waals surface area contributed by atoms with Crippen LogP contribution in [0.1, 0.15) is 30.2 Å². The Kier molecular flexibility index (Phi) is 5.43. The highest BCUT2D eigenvalue weighted by Crippen LogP contribution is 2.42. The second kappa shape index (κ2) is 6.75. The fourth-order valence-corrected chi connectivity index (χ4v) is 6.01. The summed E-state index contributed by atoms with van der Waals surface area (Å²) in [5, 5.41) is -1.16. The van der Waals surface area contributed by atoms with Gasteiger partial charge in [0.05, 0.1) is 30.6 Å². The first kappa shape index (κ1) is 16.9. The normalized spacial score (nSPS) is 22.6. The number of halogens is 2. The number of sulfone groups is 1. The summed E-state index contributed by atoms with van der Waals surface area (Å²) < 4.78 is 35.7. The zero-order chi connectivity index (χ0) is 15.6. The highest BCUT2D eigenvalue weighted by atomic mass is 79.9. The van der Waals surface area contributed by atoms with Crippen LogP contribution in [-0.2, 0) is 9.84 Å². The molecule has 1 fully saturated rings. The van der Waals surface area contributed by atoms with E-state index in [1.807, 2.05) is 0 Å². The number of hydrogen-bond acceptors (Lipinski definition) is 4. The van der Waals surface area contributed by atoms with Gasteiger partial charge in [-0.3, -0.25) is 0 Å². The molecule has 2 atom stereocenters. The summed E-state index contributed by atoms with van der Waals surface area (Å²) in [6, 6.07) is 3.49. The average molecular weight is 398 g/mol. The van der Waals surface area contributed by atoms with Crippen LogP contribution in [0.4, 0.5) is 0 Å².